The number of thiophene rings is 1. The van der Waals surface area contributed by atoms with Gasteiger partial charge in [-0.15, -0.1) is 0 Å². The van der Waals surface area contributed by atoms with Gasteiger partial charge in [0.05, 0.1) is 0 Å². The maximum absolute atomic E-state index is 11.9. The molecule has 0 radical (unpaired) electrons. The van der Waals surface area contributed by atoms with Crippen LogP contribution >= 0.6 is 11.3 Å². The van der Waals surface area contributed by atoms with Crippen molar-refractivity contribution in [3.63, 3.8) is 0 Å². The average Bonchev–Trinajstić information content (AvgIpc) is 3.20. The number of guanidine groups is 1. The topological polar surface area (TPSA) is 51.2 Å². The molecule has 1 aromatic heterocycles. The number of nitrogens with zero attached hydrogens (tertiary/aromatic N) is 4. The summed E-state index contributed by atoms with van der Waals surface area (Å²) in [5, 5.41) is 7.62. The van der Waals surface area contributed by atoms with Gasteiger partial charge in [0.1, 0.15) is 6.54 Å². The number of carbonyl (C=O) groups excluding carboxylic acids is 1. The summed E-state index contributed by atoms with van der Waals surface area (Å²) in [6.07, 6.45) is 0.971. The highest BCUT2D eigenvalue weighted by atomic mass is 32.1. The Hall–Kier alpha value is -2.54. The molecule has 0 saturated carbocycles. The molecule has 0 atom stereocenters. The summed E-state index contributed by atoms with van der Waals surface area (Å²) < 4.78 is 0. The number of hydrogen-bond donors (Lipinski definition) is 1. The highest BCUT2D eigenvalue weighted by Crippen LogP contribution is 2.11. The van der Waals surface area contributed by atoms with E-state index < -0.39 is 0 Å². The van der Waals surface area contributed by atoms with Crippen LogP contribution in [0.3, 0.4) is 0 Å². The van der Waals surface area contributed by atoms with Crippen LogP contribution in [0.2, 0.25) is 0 Å². The number of hydrogen-bond acceptors (Lipinski definition) is 4. The Morgan fingerprint density at radius 2 is 1.86 bits per heavy atom. The van der Waals surface area contributed by atoms with E-state index in [1.54, 1.807) is 30.3 Å². The molecule has 1 amide bonds. The van der Waals surface area contributed by atoms with Crippen molar-refractivity contribution in [2.45, 2.75) is 13.0 Å². The Labute approximate surface area is 172 Å². The molecule has 1 N–H and O–H groups in total. The fraction of sp³-hybridized carbons (Fsp3) is 0.429. The molecule has 0 saturated heterocycles. The second kappa shape index (κ2) is 11.3. The number of nitrogens with one attached hydrogen (secondary N) is 1. The molecule has 2 aromatic rings. The van der Waals surface area contributed by atoms with E-state index in [-0.39, 0.29) is 12.5 Å². The van der Waals surface area contributed by atoms with Gasteiger partial charge < -0.3 is 20.0 Å². The second-order valence-corrected chi connectivity index (χ2v) is 7.73. The van der Waals surface area contributed by atoms with Gasteiger partial charge in [0, 0.05) is 53.5 Å². The molecular formula is C21H31N5OS. The third-order valence-electron chi connectivity index (χ3n) is 4.37. The summed E-state index contributed by atoms with van der Waals surface area (Å²) in [5.41, 5.74) is 2.45. The highest BCUT2D eigenvalue weighted by Gasteiger charge is 2.10. The minimum Gasteiger partial charge on any atom is -0.375 e. The molecule has 7 heteroatoms. The number of amides is 1. The summed E-state index contributed by atoms with van der Waals surface area (Å²) in [5.74, 6) is 0.746. The average molecular weight is 402 g/mol. The van der Waals surface area contributed by atoms with E-state index in [1.807, 2.05) is 13.1 Å². The Bertz CT molecular complexity index is 731. The third kappa shape index (κ3) is 7.23. The van der Waals surface area contributed by atoms with Gasteiger partial charge >= 0.3 is 0 Å². The van der Waals surface area contributed by atoms with Gasteiger partial charge in [0.25, 0.3) is 0 Å². The number of para-hydroxylation sites is 1. The van der Waals surface area contributed by atoms with Crippen LogP contribution in [0.5, 0.6) is 0 Å². The van der Waals surface area contributed by atoms with Crippen molar-refractivity contribution in [3.05, 3.63) is 52.7 Å². The maximum Gasteiger partial charge on any atom is 0.243 e. The molecule has 1 aromatic carbocycles. The van der Waals surface area contributed by atoms with E-state index in [0.717, 1.165) is 32.0 Å². The van der Waals surface area contributed by atoms with Crippen molar-refractivity contribution in [1.29, 1.82) is 0 Å². The fourth-order valence-corrected chi connectivity index (χ4v) is 3.31. The van der Waals surface area contributed by atoms with Gasteiger partial charge in [-0.05, 0) is 40.9 Å². The summed E-state index contributed by atoms with van der Waals surface area (Å²) in [4.78, 5) is 22.3. The lowest BCUT2D eigenvalue weighted by Crippen LogP contribution is -2.40. The van der Waals surface area contributed by atoms with Gasteiger partial charge in [0.2, 0.25) is 5.91 Å². The van der Waals surface area contributed by atoms with E-state index in [4.69, 9.17) is 0 Å². The maximum atomic E-state index is 11.9. The minimum absolute atomic E-state index is 0.00737. The summed E-state index contributed by atoms with van der Waals surface area (Å²) >= 11 is 1.68. The highest BCUT2D eigenvalue weighted by molar-refractivity contribution is 7.07. The second-order valence-electron chi connectivity index (χ2n) is 6.95. The zero-order chi connectivity index (χ0) is 20.4. The normalized spacial score (nSPS) is 11.2. The van der Waals surface area contributed by atoms with Gasteiger partial charge in [-0.2, -0.15) is 11.3 Å². The molecule has 152 valence electrons. The van der Waals surface area contributed by atoms with Gasteiger partial charge in [-0.25, -0.2) is 4.99 Å². The smallest absolute Gasteiger partial charge is 0.243 e. The lowest BCUT2D eigenvalue weighted by molar-refractivity contribution is -0.127. The largest absolute Gasteiger partial charge is 0.375 e. The van der Waals surface area contributed by atoms with Crippen LogP contribution in [0.4, 0.5) is 5.69 Å². The van der Waals surface area contributed by atoms with Crippen LogP contribution in [0.15, 0.2) is 52.2 Å². The van der Waals surface area contributed by atoms with Crippen LogP contribution in [-0.4, -0.2) is 69.5 Å². The van der Waals surface area contributed by atoms with Crippen molar-refractivity contribution in [2.24, 2.45) is 4.99 Å². The van der Waals surface area contributed by atoms with Crippen LogP contribution < -0.4 is 10.2 Å². The van der Waals surface area contributed by atoms with E-state index in [0.29, 0.717) is 0 Å². The summed E-state index contributed by atoms with van der Waals surface area (Å²) in [7, 11) is 7.60. The zero-order valence-electron chi connectivity index (χ0n) is 17.3. The Morgan fingerprint density at radius 3 is 2.50 bits per heavy atom. The van der Waals surface area contributed by atoms with Crippen LogP contribution in [-0.2, 0) is 11.3 Å². The molecule has 6 nitrogen and oxygen atoms in total. The van der Waals surface area contributed by atoms with E-state index in [2.05, 4.69) is 68.2 Å². The predicted molar refractivity (Wildman–Crippen MR) is 119 cm³/mol. The van der Waals surface area contributed by atoms with Gasteiger partial charge in [-0.1, -0.05) is 18.2 Å². The Balaban J connectivity index is 1.89. The molecule has 2 rings (SSSR count). The summed E-state index contributed by atoms with van der Waals surface area (Å²) in [6, 6.07) is 12.5. The number of anilines is 1. The molecular weight excluding hydrogens is 370 g/mol. The van der Waals surface area contributed by atoms with Gasteiger partial charge in [-0.3, -0.25) is 4.79 Å². The fourth-order valence-electron chi connectivity index (χ4n) is 2.65. The first kappa shape index (κ1) is 21.8. The van der Waals surface area contributed by atoms with Crippen LogP contribution in [0.25, 0.3) is 0 Å². The number of benzene rings is 1. The molecule has 0 aliphatic rings. The molecule has 0 fully saturated rings. The molecule has 0 aliphatic carbocycles. The van der Waals surface area contributed by atoms with Crippen molar-refractivity contribution >= 4 is 28.9 Å². The van der Waals surface area contributed by atoms with E-state index in [1.165, 1.54) is 11.3 Å². The van der Waals surface area contributed by atoms with Crippen molar-refractivity contribution in [2.75, 3.05) is 52.7 Å². The van der Waals surface area contributed by atoms with Crippen molar-refractivity contribution in [1.82, 2.24) is 15.1 Å². The zero-order valence-corrected chi connectivity index (χ0v) is 18.1. The molecule has 28 heavy (non-hydrogen) atoms. The SMILES string of the molecule is CN(C)C(=O)CN=C(NCCCN(C)c1ccccc1)N(C)Cc1ccsc1. The third-order valence-corrected chi connectivity index (χ3v) is 5.11. The monoisotopic (exact) mass is 401 g/mol. The van der Waals surface area contributed by atoms with Crippen molar-refractivity contribution < 1.29 is 4.79 Å². The minimum atomic E-state index is -0.00737. The predicted octanol–water partition coefficient (Wildman–Crippen LogP) is 2.74. The van der Waals surface area contributed by atoms with Crippen LogP contribution in [0.1, 0.15) is 12.0 Å². The number of aliphatic imine (C=N–C) groups is 1. The first-order valence-corrected chi connectivity index (χ1v) is 10.4. The molecule has 1 heterocycles. The first-order valence-electron chi connectivity index (χ1n) is 9.44. The summed E-state index contributed by atoms with van der Waals surface area (Å²) in [6.45, 7) is 2.64. The standard InChI is InChI=1S/C21H31N5OS/c1-24(2)20(27)15-23-21(26(4)16-18-11-14-28-17-18)22-12-8-13-25(3)19-9-6-5-7-10-19/h5-7,9-11,14,17H,8,12-13,15-16H2,1-4H3,(H,22,23). The van der Waals surface area contributed by atoms with E-state index >= 15 is 0 Å². The first-order chi connectivity index (χ1) is 13.5. The number of likely N-dealkylation sites (N-methyl/N-ethyl adjacent to an activating group) is 1. The Kier molecular flexibility index (Phi) is 8.81. The van der Waals surface area contributed by atoms with Crippen molar-refractivity contribution in [3.8, 4) is 0 Å². The Morgan fingerprint density at radius 1 is 1.11 bits per heavy atom. The molecule has 0 aliphatic heterocycles. The molecule has 0 spiro atoms. The number of rotatable bonds is 9. The number of carbonyl (C=O) groups is 1. The van der Waals surface area contributed by atoms with Gasteiger partial charge in [0.15, 0.2) is 5.96 Å². The lowest BCUT2D eigenvalue weighted by Gasteiger charge is -2.23. The van der Waals surface area contributed by atoms with E-state index in [9.17, 15) is 4.79 Å². The molecule has 0 unspecified atom stereocenters. The lowest BCUT2D eigenvalue weighted by atomic mass is 10.3. The molecule has 0 bridgehead atoms. The quantitative estimate of drug-likeness (QED) is 0.399. The van der Waals surface area contributed by atoms with Crippen LogP contribution in [0, 0.1) is 0 Å².